The maximum atomic E-state index is 11.4. The average molecular weight is 278 g/mol. The molecule has 0 aromatic carbocycles. The fourth-order valence-corrected chi connectivity index (χ4v) is 2.29. The van der Waals surface area contributed by atoms with Crippen LogP contribution in [0, 0.1) is 5.92 Å². The van der Waals surface area contributed by atoms with Crippen molar-refractivity contribution in [1.29, 1.82) is 0 Å². The van der Waals surface area contributed by atoms with Crippen molar-refractivity contribution >= 4 is 11.5 Å². The molecule has 0 fully saturated rings. The van der Waals surface area contributed by atoms with E-state index in [0.29, 0.717) is 17.6 Å². The van der Waals surface area contributed by atoms with Gasteiger partial charge in [-0.1, -0.05) is 13.8 Å². The van der Waals surface area contributed by atoms with Gasteiger partial charge in [0.15, 0.2) is 5.65 Å². The van der Waals surface area contributed by atoms with E-state index in [2.05, 4.69) is 53.3 Å². The van der Waals surface area contributed by atoms with Crippen molar-refractivity contribution < 1.29 is 0 Å². The Bertz CT molecular complexity index is 605. The molecule has 2 N–H and O–H groups in total. The quantitative estimate of drug-likeness (QED) is 0.817. The van der Waals surface area contributed by atoms with Crippen LogP contribution in [0.3, 0.4) is 0 Å². The smallest absolute Gasteiger partial charge is 0.348 e. The topological polar surface area (TPSA) is 78.3 Å². The predicted octanol–water partition coefficient (Wildman–Crippen LogP) is 0.806. The maximum absolute atomic E-state index is 11.4. The van der Waals surface area contributed by atoms with Crippen LogP contribution in [0.25, 0.3) is 5.65 Å². The molecule has 7 nitrogen and oxygen atoms in total. The first-order valence-corrected chi connectivity index (χ1v) is 6.79. The second kappa shape index (κ2) is 6.04. The standard InChI is InChI=1S/C13H22N6O/c1-9(2)5-10(7-18(3)4)15-11-6-12-16-17-13(20)19(12)8-14-11/h6,8-10,15H,5,7H2,1-4H3,(H,17,20). The van der Waals surface area contributed by atoms with Gasteiger partial charge >= 0.3 is 5.69 Å². The summed E-state index contributed by atoms with van der Waals surface area (Å²) in [5, 5.41) is 9.77. The van der Waals surface area contributed by atoms with Gasteiger partial charge in [-0.2, -0.15) is 5.10 Å². The van der Waals surface area contributed by atoms with Crippen LogP contribution in [0.2, 0.25) is 0 Å². The number of anilines is 1. The molecule has 0 saturated heterocycles. The number of aromatic nitrogens is 4. The zero-order valence-corrected chi connectivity index (χ0v) is 12.4. The molecule has 0 aliphatic rings. The van der Waals surface area contributed by atoms with E-state index in [1.54, 1.807) is 6.07 Å². The molecule has 20 heavy (non-hydrogen) atoms. The molecular weight excluding hydrogens is 256 g/mol. The Hall–Kier alpha value is -1.89. The molecule has 2 rings (SSSR count). The first-order valence-electron chi connectivity index (χ1n) is 6.79. The van der Waals surface area contributed by atoms with E-state index < -0.39 is 0 Å². The second-order valence-electron chi connectivity index (χ2n) is 5.76. The Morgan fingerprint density at radius 2 is 2.20 bits per heavy atom. The highest BCUT2D eigenvalue weighted by molar-refractivity contribution is 5.48. The molecule has 0 amide bonds. The van der Waals surface area contributed by atoms with Crippen molar-refractivity contribution in [2.75, 3.05) is 26.0 Å². The molecule has 0 bridgehead atoms. The van der Waals surface area contributed by atoms with E-state index in [1.165, 1.54) is 10.7 Å². The van der Waals surface area contributed by atoms with E-state index in [-0.39, 0.29) is 5.69 Å². The lowest BCUT2D eigenvalue weighted by Crippen LogP contribution is -2.33. The SMILES string of the molecule is CC(C)CC(CN(C)C)Nc1cc2n[nH]c(=O)n2cn1. The van der Waals surface area contributed by atoms with Gasteiger partial charge in [0.25, 0.3) is 0 Å². The Morgan fingerprint density at radius 3 is 2.85 bits per heavy atom. The molecule has 2 aromatic rings. The second-order valence-corrected chi connectivity index (χ2v) is 5.76. The Kier molecular flexibility index (Phi) is 4.39. The number of hydrogen-bond donors (Lipinski definition) is 2. The molecule has 0 aliphatic carbocycles. The molecule has 1 unspecified atom stereocenters. The number of aromatic amines is 1. The lowest BCUT2D eigenvalue weighted by Gasteiger charge is -2.24. The molecule has 1 atom stereocenters. The van der Waals surface area contributed by atoms with Crippen molar-refractivity contribution in [3.63, 3.8) is 0 Å². The van der Waals surface area contributed by atoms with Crippen molar-refractivity contribution in [3.05, 3.63) is 22.9 Å². The Labute approximate surface area is 118 Å². The lowest BCUT2D eigenvalue weighted by molar-refractivity contribution is 0.356. The average Bonchev–Trinajstić information content (AvgIpc) is 2.69. The van der Waals surface area contributed by atoms with Crippen LogP contribution in [0.15, 0.2) is 17.2 Å². The number of nitrogens with zero attached hydrogens (tertiary/aromatic N) is 4. The molecular formula is C13H22N6O. The summed E-state index contributed by atoms with van der Waals surface area (Å²) in [7, 11) is 4.11. The van der Waals surface area contributed by atoms with Gasteiger partial charge in [0.1, 0.15) is 12.1 Å². The van der Waals surface area contributed by atoms with Crippen LogP contribution in [-0.2, 0) is 0 Å². The predicted molar refractivity (Wildman–Crippen MR) is 79.0 cm³/mol. The number of fused-ring (bicyclic) bond motifs is 1. The monoisotopic (exact) mass is 278 g/mol. The van der Waals surface area contributed by atoms with E-state index in [9.17, 15) is 4.79 Å². The van der Waals surface area contributed by atoms with Crippen LogP contribution in [0.4, 0.5) is 5.82 Å². The molecule has 110 valence electrons. The first-order chi connectivity index (χ1) is 9.45. The molecule has 0 saturated carbocycles. The number of rotatable bonds is 6. The normalized spacial score (nSPS) is 13.3. The Morgan fingerprint density at radius 1 is 1.45 bits per heavy atom. The van der Waals surface area contributed by atoms with Crippen LogP contribution in [0.1, 0.15) is 20.3 Å². The molecule has 0 radical (unpaired) electrons. The minimum Gasteiger partial charge on any atom is -0.366 e. The van der Waals surface area contributed by atoms with Crippen molar-refractivity contribution in [3.8, 4) is 0 Å². The third-order valence-corrected chi connectivity index (χ3v) is 3.00. The lowest BCUT2D eigenvalue weighted by atomic mass is 10.0. The van der Waals surface area contributed by atoms with E-state index in [1.807, 2.05) is 0 Å². The maximum Gasteiger partial charge on any atom is 0.348 e. The highest BCUT2D eigenvalue weighted by Gasteiger charge is 2.13. The minimum absolute atomic E-state index is 0.272. The summed E-state index contributed by atoms with van der Waals surface area (Å²) in [4.78, 5) is 17.8. The third kappa shape index (κ3) is 3.57. The van der Waals surface area contributed by atoms with E-state index in [0.717, 1.165) is 18.8 Å². The summed E-state index contributed by atoms with van der Waals surface area (Å²) < 4.78 is 1.38. The number of hydrogen-bond acceptors (Lipinski definition) is 5. The molecule has 0 spiro atoms. The third-order valence-electron chi connectivity index (χ3n) is 3.00. The Balaban J connectivity index is 2.16. The van der Waals surface area contributed by atoms with Crippen LogP contribution < -0.4 is 11.0 Å². The van der Waals surface area contributed by atoms with Crippen molar-refractivity contribution in [2.45, 2.75) is 26.3 Å². The van der Waals surface area contributed by atoms with Gasteiger partial charge in [-0.05, 0) is 26.4 Å². The summed E-state index contributed by atoms with van der Waals surface area (Å²) in [5.41, 5.74) is 0.298. The molecule has 7 heteroatoms. The summed E-state index contributed by atoms with van der Waals surface area (Å²) in [5.74, 6) is 1.34. The van der Waals surface area contributed by atoms with Gasteiger partial charge in [-0.15, -0.1) is 0 Å². The molecule has 0 aliphatic heterocycles. The van der Waals surface area contributed by atoms with E-state index >= 15 is 0 Å². The first kappa shape index (κ1) is 14.5. The molecule has 2 aromatic heterocycles. The highest BCUT2D eigenvalue weighted by atomic mass is 16.1. The van der Waals surface area contributed by atoms with Crippen LogP contribution in [0.5, 0.6) is 0 Å². The van der Waals surface area contributed by atoms with Crippen molar-refractivity contribution in [2.24, 2.45) is 5.92 Å². The van der Waals surface area contributed by atoms with E-state index in [4.69, 9.17) is 0 Å². The van der Waals surface area contributed by atoms with Gasteiger partial charge in [0.2, 0.25) is 0 Å². The van der Waals surface area contributed by atoms with Gasteiger partial charge in [0.05, 0.1) is 0 Å². The van der Waals surface area contributed by atoms with Gasteiger partial charge < -0.3 is 10.2 Å². The number of nitrogens with one attached hydrogen (secondary N) is 2. The highest BCUT2D eigenvalue weighted by Crippen LogP contribution is 2.12. The summed E-state index contributed by atoms with van der Waals surface area (Å²) in [6.45, 7) is 5.33. The number of likely N-dealkylation sites (N-methyl/N-ethyl adjacent to an activating group) is 1. The zero-order chi connectivity index (χ0) is 14.7. The summed E-state index contributed by atoms with van der Waals surface area (Å²) >= 11 is 0. The van der Waals surface area contributed by atoms with Crippen molar-refractivity contribution in [1.82, 2.24) is 24.5 Å². The summed E-state index contributed by atoms with van der Waals surface area (Å²) in [6, 6.07) is 2.09. The largest absolute Gasteiger partial charge is 0.366 e. The van der Waals surface area contributed by atoms with Gasteiger partial charge in [-0.3, -0.25) is 0 Å². The van der Waals surface area contributed by atoms with Gasteiger partial charge in [-0.25, -0.2) is 19.3 Å². The summed E-state index contributed by atoms with van der Waals surface area (Å²) in [6.07, 6.45) is 2.55. The van der Waals surface area contributed by atoms with Crippen LogP contribution >= 0.6 is 0 Å². The van der Waals surface area contributed by atoms with Gasteiger partial charge in [0, 0.05) is 18.7 Å². The fraction of sp³-hybridized carbons (Fsp3) is 0.615. The zero-order valence-electron chi connectivity index (χ0n) is 12.4. The van der Waals surface area contributed by atoms with Crippen LogP contribution in [-0.4, -0.2) is 51.2 Å². The fourth-order valence-electron chi connectivity index (χ4n) is 2.29. The number of H-pyrrole nitrogens is 1. The molecule has 2 heterocycles. The minimum atomic E-state index is -0.272.